The van der Waals surface area contributed by atoms with E-state index in [-0.39, 0.29) is 27.3 Å². The maximum Gasteiger partial charge on any atom is 0.321 e. The van der Waals surface area contributed by atoms with E-state index in [1.54, 1.807) is 16.7 Å². The molecule has 0 unspecified atom stereocenters. The molecule has 0 aromatic carbocycles. The first-order chi connectivity index (χ1) is 15.2. The standard InChI is InChI=1S/C23H24F2N4O3/c1-23(2)9-14(10-23)32-18-8-19-26-17(13-5-6-13)12-28(19)11-15(18)20(30)27-16-4-3-7-29(21(16)31)22(24)25/h3-4,7-8,11-14,22H,5-6,9-10H2,1-2H3,(H,27,30). The molecule has 3 heterocycles. The zero-order chi connectivity index (χ0) is 22.6. The van der Waals surface area contributed by atoms with E-state index >= 15 is 0 Å². The fourth-order valence-corrected chi connectivity index (χ4v) is 4.26. The number of nitrogens with one attached hydrogen (secondary N) is 1. The van der Waals surface area contributed by atoms with E-state index in [0.29, 0.717) is 17.3 Å². The number of nitrogens with zero attached hydrogens (tertiary/aromatic N) is 3. The lowest BCUT2D eigenvalue weighted by molar-refractivity contribution is 0.0101. The quantitative estimate of drug-likeness (QED) is 0.606. The maximum atomic E-state index is 13.1. The van der Waals surface area contributed by atoms with E-state index in [9.17, 15) is 18.4 Å². The number of aromatic nitrogens is 3. The molecule has 9 heteroatoms. The van der Waals surface area contributed by atoms with Crippen molar-refractivity contribution in [3.63, 3.8) is 0 Å². The first-order valence-corrected chi connectivity index (χ1v) is 10.7. The summed E-state index contributed by atoms with van der Waals surface area (Å²) < 4.78 is 34.3. The number of fused-ring (bicyclic) bond motifs is 1. The minimum atomic E-state index is -3.00. The number of carbonyl (C=O) groups is 1. The Kier molecular flexibility index (Phi) is 4.79. The number of ether oxygens (including phenoxy) is 1. The second-order valence-electron chi connectivity index (χ2n) is 9.44. The summed E-state index contributed by atoms with van der Waals surface area (Å²) in [6, 6.07) is 4.32. The van der Waals surface area contributed by atoms with E-state index < -0.39 is 18.0 Å². The number of hydrogen-bond donors (Lipinski definition) is 1. The number of halogens is 2. The third-order valence-corrected chi connectivity index (χ3v) is 6.10. The molecule has 3 aromatic heterocycles. The Hall–Kier alpha value is -3.23. The Morgan fingerprint density at radius 2 is 2.03 bits per heavy atom. The third kappa shape index (κ3) is 3.87. The van der Waals surface area contributed by atoms with Gasteiger partial charge in [-0.05, 0) is 43.2 Å². The van der Waals surface area contributed by atoms with Crippen molar-refractivity contribution in [3.05, 3.63) is 58.4 Å². The fraction of sp³-hybridized carbons (Fsp3) is 0.435. The number of pyridine rings is 2. The van der Waals surface area contributed by atoms with Crippen molar-refractivity contribution < 1.29 is 18.3 Å². The molecular weight excluding hydrogens is 418 g/mol. The second kappa shape index (κ2) is 7.43. The summed E-state index contributed by atoms with van der Waals surface area (Å²) in [5.41, 5.74) is 0.858. The van der Waals surface area contributed by atoms with Gasteiger partial charge in [-0.1, -0.05) is 13.8 Å². The van der Waals surface area contributed by atoms with Crippen molar-refractivity contribution in [1.82, 2.24) is 14.0 Å². The molecule has 2 aliphatic carbocycles. The molecule has 32 heavy (non-hydrogen) atoms. The minimum Gasteiger partial charge on any atom is -0.489 e. The number of anilines is 1. The predicted molar refractivity (Wildman–Crippen MR) is 115 cm³/mol. The van der Waals surface area contributed by atoms with Gasteiger partial charge in [-0.15, -0.1) is 0 Å². The molecule has 0 aliphatic heterocycles. The highest BCUT2D eigenvalue weighted by atomic mass is 19.3. The number of carbonyl (C=O) groups excluding carboxylic acids is 1. The average Bonchev–Trinajstić information content (AvgIpc) is 3.47. The summed E-state index contributed by atoms with van der Waals surface area (Å²) in [4.78, 5) is 30.1. The van der Waals surface area contributed by atoms with Crippen LogP contribution in [0.1, 0.15) is 68.0 Å². The van der Waals surface area contributed by atoms with E-state index in [4.69, 9.17) is 4.74 Å². The third-order valence-electron chi connectivity index (χ3n) is 6.10. The molecule has 7 nitrogen and oxygen atoms in total. The molecule has 2 saturated carbocycles. The molecule has 0 saturated heterocycles. The molecular formula is C23H24F2N4O3. The summed E-state index contributed by atoms with van der Waals surface area (Å²) in [5, 5.41) is 2.47. The first kappa shape index (κ1) is 20.7. The smallest absolute Gasteiger partial charge is 0.321 e. The molecule has 2 fully saturated rings. The normalized spacial score (nSPS) is 18.0. The van der Waals surface area contributed by atoms with Crippen molar-refractivity contribution in [1.29, 1.82) is 0 Å². The van der Waals surface area contributed by atoms with Crippen LogP contribution in [0.3, 0.4) is 0 Å². The SMILES string of the molecule is CC1(C)CC(Oc2cc3nc(C4CC4)cn3cc2C(=O)Nc2cccn(C(F)F)c2=O)C1. The van der Waals surface area contributed by atoms with Crippen LogP contribution in [0.15, 0.2) is 41.6 Å². The Morgan fingerprint density at radius 3 is 2.69 bits per heavy atom. The van der Waals surface area contributed by atoms with Crippen LogP contribution in [-0.2, 0) is 0 Å². The summed E-state index contributed by atoms with van der Waals surface area (Å²) >= 11 is 0. The predicted octanol–water partition coefficient (Wildman–Crippen LogP) is 4.59. The van der Waals surface area contributed by atoms with E-state index in [1.165, 1.54) is 12.1 Å². The first-order valence-electron chi connectivity index (χ1n) is 10.7. The minimum absolute atomic E-state index is 0.0235. The number of amides is 1. The Labute approximate surface area is 183 Å². The highest BCUT2D eigenvalue weighted by molar-refractivity contribution is 6.06. The monoisotopic (exact) mass is 442 g/mol. The van der Waals surface area contributed by atoms with Crippen molar-refractivity contribution >= 4 is 17.2 Å². The van der Waals surface area contributed by atoms with E-state index in [1.807, 2.05) is 6.20 Å². The van der Waals surface area contributed by atoms with Crippen LogP contribution in [0.5, 0.6) is 5.75 Å². The van der Waals surface area contributed by atoms with Gasteiger partial charge in [-0.2, -0.15) is 8.78 Å². The second-order valence-corrected chi connectivity index (χ2v) is 9.44. The van der Waals surface area contributed by atoms with E-state index in [0.717, 1.165) is 37.6 Å². The van der Waals surface area contributed by atoms with Crippen LogP contribution >= 0.6 is 0 Å². The summed E-state index contributed by atoms with van der Waals surface area (Å²) in [5.74, 6) is 0.209. The molecule has 0 radical (unpaired) electrons. The van der Waals surface area contributed by atoms with Crippen LogP contribution < -0.4 is 15.6 Å². The lowest BCUT2D eigenvalue weighted by Gasteiger charge is -2.42. The summed E-state index contributed by atoms with van der Waals surface area (Å²) in [6.07, 6.45) is 8.39. The zero-order valence-corrected chi connectivity index (χ0v) is 17.8. The van der Waals surface area contributed by atoms with Gasteiger partial charge < -0.3 is 14.5 Å². The van der Waals surface area contributed by atoms with Crippen LogP contribution in [0.2, 0.25) is 0 Å². The lowest BCUT2D eigenvalue weighted by Crippen LogP contribution is -2.40. The van der Waals surface area contributed by atoms with Crippen molar-refractivity contribution in [3.8, 4) is 5.75 Å². The number of hydrogen-bond acceptors (Lipinski definition) is 4. The molecule has 168 valence electrons. The Morgan fingerprint density at radius 1 is 1.28 bits per heavy atom. The molecule has 0 bridgehead atoms. The number of imidazole rings is 1. The van der Waals surface area contributed by atoms with Gasteiger partial charge in [0.1, 0.15) is 17.1 Å². The van der Waals surface area contributed by atoms with Crippen LogP contribution in [0.25, 0.3) is 5.65 Å². The van der Waals surface area contributed by atoms with Crippen LogP contribution in [0, 0.1) is 5.41 Å². The highest BCUT2D eigenvalue weighted by Crippen LogP contribution is 2.43. The number of rotatable bonds is 6. The maximum absolute atomic E-state index is 13.1. The van der Waals surface area contributed by atoms with Gasteiger partial charge in [0, 0.05) is 30.6 Å². The van der Waals surface area contributed by atoms with E-state index in [2.05, 4.69) is 24.1 Å². The van der Waals surface area contributed by atoms with Crippen molar-refractivity contribution in [2.75, 3.05) is 5.32 Å². The van der Waals surface area contributed by atoms with Gasteiger partial charge in [-0.25, -0.2) is 4.98 Å². The largest absolute Gasteiger partial charge is 0.489 e. The molecule has 1 amide bonds. The van der Waals surface area contributed by atoms with Crippen LogP contribution in [-0.4, -0.2) is 26.0 Å². The molecule has 0 spiro atoms. The number of alkyl halides is 2. The summed E-state index contributed by atoms with van der Waals surface area (Å²) in [7, 11) is 0. The van der Waals surface area contributed by atoms with Crippen molar-refractivity contribution in [2.24, 2.45) is 5.41 Å². The lowest BCUT2D eigenvalue weighted by atomic mass is 9.70. The van der Waals surface area contributed by atoms with Gasteiger partial charge in [0.15, 0.2) is 0 Å². The molecule has 2 aliphatic rings. The molecule has 1 N–H and O–H groups in total. The van der Waals surface area contributed by atoms with Gasteiger partial charge in [0.25, 0.3) is 11.5 Å². The summed E-state index contributed by atoms with van der Waals surface area (Å²) in [6.45, 7) is 1.32. The van der Waals surface area contributed by atoms with Crippen LogP contribution in [0.4, 0.5) is 14.5 Å². The van der Waals surface area contributed by atoms with Gasteiger partial charge in [0.2, 0.25) is 0 Å². The molecule has 5 rings (SSSR count). The average molecular weight is 442 g/mol. The van der Waals surface area contributed by atoms with Gasteiger partial charge >= 0.3 is 6.55 Å². The van der Waals surface area contributed by atoms with Gasteiger partial charge in [-0.3, -0.25) is 14.2 Å². The topological polar surface area (TPSA) is 77.6 Å². The highest BCUT2D eigenvalue weighted by Gasteiger charge is 2.38. The fourth-order valence-electron chi connectivity index (χ4n) is 4.26. The van der Waals surface area contributed by atoms with Gasteiger partial charge in [0.05, 0.1) is 17.4 Å². The Bertz CT molecular complexity index is 1250. The zero-order valence-electron chi connectivity index (χ0n) is 17.8. The Balaban J connectivity index is 1.49. The molecule has 0 atom stereocenters. The molecule has 3 aromatic rings. The van der Waals surface area contributed by atoms with Crippen molar-refractivity contribution in [2.45, 2.75) is 58.1 Å².